The summed E-state index contributed by atoms with van der Waals surface area (Å²) >= 11 is 0. The lowest BCUT2D eigenvalue weighted by molar-refractivity contribution is 0.299. The molecule has 1 aromatic carbocycles. The van der Waals surface area contributed by atoms with E-state index in [1.165, 1.54) is 0 Å². The van der Waals surface area contributed by atoms with Gasteiger partial charge in [-0.1, -0.05) is 0 Å². The summed E-state index contributed by atoms with van der Waals surface area (Å²) in [6.45, 7) is 0.124. The molecule has 16 heavy (non-hydrogen) atoms. The quantitative estimate of drug-likeness (QED) is 0.835. The molecule has 0 atom stereocenters. The van der Waals surface area contributed by atoms with Crippen molar-refractivity contribution in [1.82, 2.24) is 9.78 Å². The summed E-state index contributed by atoms with van der Waals surface area (Å²) in [5.41, 5.74) is 2.53. The van der Waals surface area contributed by atoms with E-state index in [0.717, 1.165) is 11.3 Å². The summed E-state index contributed by atoms with van der Waals surface area (Å²) in [6, 6.07) is 9.26. The predicted octanol–water partition coefficient (Wildman–Crippen LogP) is 1.28. The molecule has 0 saturated heterocycles. The van der Waals surface area contributed by atoms with E-state index in [-0.39, 0.29) is 6.61 Å². The number of nitrogens with zero attached hydrogens (tertiary/aromatic N) is 3. The third kappa shape index (κ3) is 2.10. The number of benzene rings is 1. The minimum atomic E-state index is 0.124. The molecule has 0 amide bonds. The van der Waals surface area contributed by atoms with Crippen molar-refractivity contribution < 1.29 is 5.11 Å². The molecule has 2 rings (SSSR count). The lowest BCUT2D eigenvalue weighted by Gasteiger charge is -2.00. The molecule has 0 radical (unpaired) electrons. The molecule has 1 heterocycles. The van der Waals surface area contributed by atoms with Crippen molar-refractivity contribution in [3.05, 3.63) is 47.8 Å². The second-order valence-electron chi connectivity index (χ2n) is 3.43. The fraction of sp³-hybridized carbons (Fsp3) is 0.167. The van der Waals surface area contributed by atoms with Gasteiger partial charge in [-0.05, 0) is 36.2 Å². The van der Waals surface area contributed by atoms with E-state index < -0.39 is 0 Å². The Morgan fingerprint density at radius 1 is 1.31 bits per heavy atom. The Morgan fingerprint density at radius 2 is 2.06 bits per heavy atom. The van der Waals surface area contributed by atoms with Crippen molar-refractivity contribution >= 4 is 0 Å². The van der Waals surface area contributed by atoms with E-state index in [0.29, 0.717) is 12.0 Å². The first-order valence-corrected chi connectivity index (χ1v) is 4.98. The van der Waals surface area contributed by atoms with Gasteiger partial charge in [-0.15, -0.1) is 0 Å². The zero-order valence-electron chi connectivity index (χ0n) is 8.67. The first-order chi connectivity index (χ1) is 7.83. The van der Waals surface area contributed by atoms with Gasteiger partial charge in [0.2, 0.25) is 0 Å². The fourth-order valence-corrected chi connectivity index (χ4v) is 1.45. The van der Waals surface area contributed by atoms with Crippen molar-refractivity contribution in [3.63, 3.8) is 0 Å². The second kappa shape index (κ2) is 4.60. The first kappa shape index (κ1) is 10.4. The number of hydrogen-bond donors (Lipinski definition) is 1. The van der Waals surface area contributed by atoms with E-state index in [1.54, 1.807) is 23.0 Å². The number of aliphatic hydroxyl groups excluding tert-OH is 1. The minimum absolute atomic E-state index is 0.124. The molecule has 0 aliphatic heterocycles. The van der Waals surface area contributed by atoms with Crippen molar-refractivity contribution in [2.75, 3.05) is 6.61 Å². The molecule has 2 aromatic rings. The van der Waals surface area contributed by atoms with Gasteiger partial charge >= 0.3 is 0 Å². The topological polar surface area (TPSA) is 61.8 Å². The summed E-state index contributed by atoms with van der Waals surface area (Å²) < 4.78 is 1.73. The average Bonchev–Trinajstić information content (AvgIpc) is 2.78. The van der Waals surface area contributed by atoms with Crippen LogP contribution in [0.5, 0.6) is 0 Å². The highest BCUT2D eigenvalue weighted by Gasteiger charge is 2.00. The smallest absolute Gasteiger partial charge is 0.0991 e. The minimum Gasteiger partial charge on any atom is -0.396 e. The summed E-state index contributed by atoms with van der Waals surface area (Å²) in [5.74, 6) is 0. The maximum absolute atomic E-state index is 8.79. The van der Waals surface area contributed by atoms with Crippen LogP contribution in [-0.2, 0) is 6.42 Å². The van der Waals surface area contributed by atoms with Gasteiger partial charge in [-0.2, -0.15) is 10.4 Å². The molecule has 0 saturated carbocycles. The van der Waals surface area contributed by atoms with Gasteiger partial charge in [0.25, 0.3) is 0 Å². The van der Waals surface area contributed by atoms with E-state index in [9.17, 15) is 0 Å². The molecule has 1 aromatic heterocycles. The molecule has 0 aliphatic rings. The van der Waals surface area contributed by atoms with Crippen LogP contribution in [0.1, 0.15) is 11.1 Å². The fourth-order valence-electron chi connectivity index (χ4n) is 1.45. The van der Waals surface area contributed by atoms with Crippen LogP contribution in [0.25, 0.3) is 5.69 Å². The monoisotopic (exact) mass is 213 g/mol. The molecule has 0 unspecified atom stereocenters. The Morgan fingerprint density at radius 3 is 2.69 bits per heavy atom. The van der Waals surface area contributed by atoms with Gasteiger partial charge in [-0.25, -0.2) is 4.68 Å². The van der Waals surface area contributed by atoms with Crippen LogP contribution in [0.15, 0.2) is 36.7 Å². The maximum Gasteiger partial charge on any atom is 0.0991 e. The van der Waals surface area contributed by atoms with Crippen LogP contribution >= 0.6 is 0 Å². The van der Waals surface area contributed by atoms with Crippen molar-refractivity contribution in [2.45, 2.75) is 6.42 Å². The molecule has 4 nitrogen and oxygen atoms in total. The third-order valence-electron chi connectivity index (χ3n) is 2.30. The largest absolute Gasteiger partial charge is 0.396 e. The Labute approximate surface area is 93.4 Å². The van der Waals surface area contributed by atoms with Gasteiger partial charge in [0.1, 0.15) is 0 Å². The molecule has 0 fully saturated rings. The van der Waals surface area contributed by atoms with Gasteiger partial charge in [0.15, 0.2) is 0 Å². The Balaban J connectivity index is 2.25. The normalized spacial score (nSPS) is 10.0. The Kier molecular flexibility index (Phi) is 2.99. The highest BCUT2D eigenvalue weighted by Crippen LogP contribution is 2.09. The third-order valence-corrected chi connectivity index (χ3v) is 2.30. The molecule has 0 spiro atoms. The maximum atomic E-state index is 8.79. The molecule has 80 valence electrons. The molecular formula is C12H11N3O. The summed E-state index contributed by atoms with van der Waals surface area (Å²) in [7, 11) is 0. The molecule has 4 heteroatoms. The van der Waals surface area contributed by atoms with E-state index in [2.05, 4.69) is 11.2 Å². The Hall–Kier alpha value is -2.12. The summed E-state index contributed by atoms with van der Waals surface area (Å²) in [6.07, 6.45) is 4.21. The number of rotatable bonds is 3. The second-order valence-corrected chi connectivity index (χ2v) is 3.43. The zero-order chi connectivity index (χ0) is 11.4. The standard InChI is InChI=1S/C12H11N3O/c13-7-10-1-3-12(4-2-10)15-9-11(5-6-16)8-14-15/h1-4,8-9,16H,5-6H2. The van der Waals surface area contributed by atoms with Crippen LogP contribution < -0.4 is 0 Å². The van der Waals surface area contributed by atoms with Gasteiger partial charge in [-0.3, -0.25) is 0 Å². The SMILES string of the molecule is N#Cc1ccc(-n2cc(CCO)cn2)cc1. The number of hydrogen-bond acceptors (Lipinski definition) is 3. The van der Waals surface area contributed by atoms with Crippen LogP contribution in [0, 0.1) is 11.3 Å². The van der Waals surface area contributed by atoms with Crippen molar-refractivity contribution in [1.29, 1.82) is 5.26 Å². The summed E-state index contributed by atoms with van der Waals surface area (Å²) in [4.78, 5) is 0. The van der Waals surface area contributed by atoms with Gasteiger partial charge in [0.05, 0.1) is 23.5 Å². The Bertz CT molecular complexity index is 508. The van der Waals surface area contributed by atoms with Crippen molar-refractivity contribution in [2.24, 2.45) is 0 Å². The van der Waals surface area contributed by atoms with E-state index >= 15 is 0 Å². The van der Waals surface area contributed by atoms with Crippen LogP contribution in [0.2, 0.25) is 0 Å². The van der Waals surface area contributed by atoms with Crippen LogP contribution in [-0.4, -0.2) is 21.5 Å². The van der Waals surface area contributed by atoms with Crippen LogP contribution in [0.3, 0.4) is 0 Å². The molecule has 0 bridgehead atoms. The number of aromatic nitrogens is 2. The lowest BCUT2D eigenvalue weighted by Crippen LogP contribution is -1.94. The highest BCUT2D eigenvalue weighted by atomic mass is 16.2. The lowest BCUT2D eigenvalue weighted by atomic mass is 10.2. The van der Waals surface area contributed by atoms with Crippen molar-refractivity contribution in [3.8, 4) is 11.8 Å². The number of aliphatic hydroxyl groups is 1. The van der Waals surface area contributed by atoms with E-state index in [1.807, 2.05) is 18.3 Å². The van der Waals surface area contributed by atoms with Crippen LogP contribution in [0.4, 0.5) is 0 Å². The average molecular weight is 213 g/mol. The molecule has 1 N–H and O–H groups in total. The van der Waals surface area contributed by atoms with Gasteiger partial charge < -0.3 is 5.11 Å². The zero-order valence-corrected chi connectivity index (χ0v) is 8.67. The molecular weight excluding hydrogens is 202 g/mol. The summed E-state index contributed by atoms with van der Waals surface area (Å²) in [5, 5.41) is 21.7. The molecule has 0 aliphatic carbocycles. The highest BCUT2D eigenvalue weighted by molar-refractivity contribution is 5.39. The van der Waals surface area contributed by atoms with E-state index in [4.69, 9.17) is 10.4 Å². The number of nitriles is 1. The van der Waals surface area contributed by atoms with Gasteiger partial charge in [0, 0.05) is 12.8 Å². The first-order valence-electron chi connectivity index (χ1n) is 4.98. The predicted molar refractivity (Wildman–Crippen MR) is 59.1 cm³/mol.